The Morgan fingerprint density at radius 2 is 1.21 bits per heavy atom. The summed E-state index contributed by atoms with van der Waals surface area (Å²) in [5.41, 5.74) is 7.97. The summed E-state index contributed by atoms with van der Waals surface area (Å²) in [7, 11) is 0. The van der Waals surface area contributed by atoms with E-state index < -0.39 is 6.29 Å². The van der Waals surface area contributed by atoms with Gasteiger partial charge in [-0.15, -0.1) is 0 Å². The van der Waals surface area contributed by atoms with Crippen molar-refractivity contribution in [2.24, 2.45) is 0 Å². The van der Waals surface area contributed by atoms with E-state index in [1.54, 1.807) is 24.3 Å². The van der Waals surface area contributed by atoms with Gasteiger partial charge in [0.05, 0.1) is 36.5 Å². The van der Waals surface area contributed by atoms with Crippen LogP contribution < -0.4 is 0 Å². The molecule has 0 radical (unpaired) electrons. The Morgan fingerprint density at radius 1 is 0.577 bits per heavy atom. The van der Waals surface area contributed by atoms with Gasteiger partial charge in [-0.2, -0.15) is 0 Å². The Labute approximate surface area is 304 Å². The predicted octanol–water partition coefficient (Wildman–Crippen LogP) is 7.01. The number of fused-ring (bicyclic) bond motifs is 1. The third-order valence-corrected chi connectivity index (χ3v) is 10.4. The van der Waals surface area contributed by atoms with Crippen LogP contribution in [0, 0.1) is 0 Å². The molecule has 8 heteroatoms. The standard InChI is InChI=1S/C44H43N3O5/c48-30-32-16-18-34(19-17-32)41-26-38(29-46-22-20-45(21-23-46)27-31-8-2-1-3-9-31)51-44(52-41)37-13-7-12-36(25-37)35-11-6-10-33(24-35)28-47-42(49)39-14-4-5-15-40(39)43(47)50/h1-19,24-25,38,41,44,48H,20-23,26-30H2. The summed E-state index contributed by atoms with van der Waals surface area (Å²) in [5, 5.41) is 9.63. The first-order valence-corrected chi connectivity index (χ1v) is 18.1. The van der Waals surface area contributed by atoms with Gasteiger partial charge in [0.2, 0.25) is 0 Å². The second kappa shape index (κ2) is 15.3. The van der Waals surface area contributed by atoms with Gasteiger partial charge in [-0.05, 0) is 57.6 Å². The molecule has 3 atom stereocenters. The van der Waals surface area contributed by atoms with E-state index in [2.05, 4.69) is 52.3 Å². The Kier molecular flexibility index (Phi) is 10.1. The summed E-state index contributed by atoms with van der Waals surface area (Å²) < 4.78 is 13.5. The SMILES string of the molecule is O=C1c2ccccc2C(=O)N1Cc1cccc(-c2cccc(C3OC(CN4CCN(Cc5ccccc5)CC4)CC(c4ccc(CO)cc4)O3)c2)c1. The number of hydrogen-bond acceptors (Lipinski definition) is 7. The average Bonchev–Trinajstić information content (AvgIpc) is 3.44. The number of aliphatic hydroxyl groups is 1. The summed E-state index contributed by atoms with van der Waals surface area (Å²) in [6.45, 7) is 6.00. The minimum absolute atomic E-state index is 0.00268. The van der Waals surface area contributed by atoms with Gasteiger partial charge in [-0.3, -0.25) is 24.3 Å². The third-order valence-electron chi connectivity index (χ3n) is 10.4. The number of benzene rings is 5. The summed E-state index contributed by atoms with van der Waals surface area (Å²) in [6.07, 6.45) is -0.0307. The van der Waals surface area contributed by atoms with Crippen molar-refractivity contribution in [1.29, 1.82) is 0 Å². The fraction of sp³-hybridized carbons (Fsp3) is 0.273. The highest BCUT2D eigenvalue weighted by Crippen LogP contribution is 2.39. The molecule has 2 saturated heterocycles. The fourth-order valence-corrected chi connectivity index (χ4v) is 7.57. The van der Waals surface area contributed by atoms with Crippen molar-refractivity contribution in [2.45, 2.75) is 44.6 Å². The Morgan fingerprint density at radius 3 is 1.92 bits per heavy atom. The number of hydrogen-bond donors (Lipinski definition) is 1. The molecule has 52 heavy (non-hydrogen) atoms. The first kappa shape index (κ1) is 34.1. The zero-order valence-electron chi connectivity index (χ0n) is 29.1. The summed E-state index contributed by atoms with van der Waals surface area (Å²) >= 11 is 0. The zero-order chi connectivity index (χ0) is 35.4. The van der Waals surface area contributed by atoms with Crippen LogP contribution >= 0.6 is 0 Å². The lowest BCUT2D eigenvalue weighted by Gasteiger charge is -2.41. The van der Waals surface area contributed by atoms with Crippen LogP contribution in [0.4, 0.5) is 0 Å². The van der Waals surface area contributed by atoms with Crippen LogP contribution in [0.25, 0.3) is 11.1 Å². The Bertz CT molecular complexity index is 1990. The van der Waals surface area contributed by atoms with Crippen LogP contribution in [0.15, 0.2) is 127 Å². The lowest BCUT2D eigenvalue weighted by atomic mass is 9.98. The largest absolute Gasteiger partial charge is 0.392 e. The number of piperazine rings is 1. The minimum Gasteiger partial charge on any atom is -0.392 e. The second-order valence-electron chi connectivity index (χ2n) is 14.0. The lowest BCUT2D eigenvalue weighted by Crippen LogP contribution is -2.49. The number of aliphatic hydroxyl groups excluding tert-OH is 1. The molecule has 2 amide bonds. The Balaban J connectivity index is 0.983. The van der Waals surface area contributed by atoms with E-state index in [1.807, 2.05) is 60.7 Å². The molecule has 0 aliphatic carbocycles. The lowest BCUT2D eigenvalue weighted by molar-refractivity contribution is -0.253. The van der Waals surface area contributed by atoms with Crippen LogP contribution in [-0.2, 0) is 29.2 Å². The fourth-order valence-electron chi connectivity index (χ4n) is 7.57. The number of ether oxygens (including phenoxy) is 2. The molecule has 0 saturated carbocycles. The molecule has 5 aromatic carbocycles. The summed E-state index contributed by atoms with van der Waals surface area (Å²) in [4.78, 5) is 32.4. The number of rotatable bonds is 10. The number of carbonyl (C=O) groups excluding carboxylic acids is 2. The molecule has 0 bridgehead atoms. The molecular weight excluding hydrogens is 651 g/mol. The first-order chi connectivity index (χ1) is 25.5. The normalized spacial score (nSPS) is 21.0. The van der Waals surface area contributed by atoms with E-state index in [0.717, 1.165) is 79.1 Å². The van der Waals surface area contributed by atoms with Crippen LogP contribution in [-0.4, -0.2) is 70.4 Å². The quantitative estimate of drug-likeness (QED) is 0.158. The van der Waals surface area contributed by atoms with Gasteiger partial charge in [-0.1, -0.05) is 103 Å². The average molecular weight is 694 g/mol. The van der Waals surface area contributed by atoms with Crippen molar-refractivity contribution in [2.75, 3.05) is 32.7 Å². The molecule has 8 rings (SSSR count). The maximum absolute atomic E-state index is 13.0. The van der Waals surface area contributed by atoms with Crippen LogP contribution in [0.2, 0.25) is 0 Å². The summed E-state index contributed by atoms with van der Waals surface area (Å²) in [5.74, 6) is -0.521. The summed E-state index contributed by atoms with van der Waals surface area (Å²) in [6, 6.07) is 41.9. The minimum atomic E-state index is -0.567. The van der Waals surface area contributed by atoms with Crippen molar-refractivity contribution in [3.8, 4) is 11.1 Å². The maximum Gasteiger partial charge on any atom is 0.261 e. The van der Waals surface area contributed by atoms with Gasteiger partial charge in [-0.25, -0.2) is 0 Å². The van der Waals surface area contributed by atoms with E-state index >= 15 is 0 Å². The molecule has 3 aliphatic heterocycles. The number of imide groups is 1. The topological polar surface area (TPSA) is 82.6 Å². The molecule has 0 spiro atoms. The van der Waals surface area contributed by atoms with E-state index in [1.165, 1.54) is 10.5 Å². The molecule has 3 unspecified atom stereocenters. The van der Waals surface area contributed by atoms with Crippen LogP contribution in [0.5, 0.6) is 0 Å². The highest BCUT2D eigenvalue weighted by molar-refractivity contribution is 6.21. The molecule has 3 aliphatic rings. The predicted molar refractivity (Wildman–Crippen MR) is 199 cm³/mol. The van der Waals surface area contributed by atoms with Gasteiger partial charge in [0.25, 0.3) is 11.8 Å². The first-order valence-electron chi connectivity index (χ1n) is 18.1. The Hall–Kier alpha value is -4.96. The van der Waals surface area contributed by atoms with Crippen molar-refractivity contribution in [3.05, 3.63) is 166 Å². The number of carbonyl (C=O) groups is 2. The molecule has 0 aromatic heterocycles. The maximum atomic E-state index is 13.0. The number of amides is 2. The van der Waals surface area contributed by atoms with Crippen LogP contribution in [0.1, 0.15) is 67.3 Å². The second-order valence-corrected chi connectivity index (χ2v) is 14.0. The highest BCUT2D eigenvalue weighted by atomic mass is 16.7. The van der Waals surface area contributed by atoms with Gasteiger partial charge in [0.15, 0.2) is 6.29 Å². The molecule has 1 N–H and O–H groups in total. The number of nitrogens with zero attached hydrogens (tertiary/aromatic N) is 3. The van der Waals surface area contributed by atoms with E-state index in [0.29, 0.717) is 11.1 Å². The van der Waals surface area contributed by atoms with Crippen molar-refractivity contribution < 1.29 is 24.2 Å². The van der Waals surface area contributed by atoms with Crippen molar-refractivity contribution in [1.82, 2.24) is 14.7 Å². The molecule has 2 fully saturated rings. The van der Waals surface area contributed by atoms with Crippen molar-refractivity contribution >= 4 is 11.8 Å². The van der Waals surface area contributed by atoms with Crippen molar-refractivity contribution in [3.63, 3.8) is 0 Å². The molecule has 5 aromatic rings. The van der Waals surface area contributed by atoms with Gasteiger partial charge >= 0.3 is 0 Å². The van der Waals surface area contributed by atoms with Gasteiger partial charge in [0.1, 0.15) is 0 Å². The molecule has 264 valence electrons. The molecule has 3 heterocycles. The van der Waals surface area contributed by atoms with E-state index in [9.17, 15) is 14.7 Å². The monoisotopic (exact) mass is 693 g/mol. The van der Waals surface area contributed by atoms with Gasteiger partial charge < -0.3 is 14.6 Å². The highest BCUT2D eigenvalue weighted by Gasteiger charge is 2.36. The van der Waals surface area contributed by atoms with E-state index in [4.69, 9.17) is 9.47 Å². The van der Waals surface area contributed by atoms with E-state index in [-0.39, 0.29) is 37.2 Å². The third kappa shape index (κ3) is 7.48. The smallest absolute Gasteiger partial charge is 0.261 e. The molecule has 8 nitrogen and oxygen atoms in total. The van der Waals surface area contributed by atoms with Gasteiger partial charge in [0, 0.05) is 51.3 Å². The molecular formula is C44H43N3O5. The van der Waals surface area contributed by atoms with Crippen LogP contribution in [0.3, 0.4) is 0 Å². The zero-order valence-corrected chi connectivity index (χ0v) is 29.1.